The van der Waals surface area contributed by atoms with Crippen molar-refractivity contribution in [2.24, 2.45) is 0 Å². The summed E-state index contributed by atoms with van der Waals surface area (Å²) in [5, 5.41) is 2.12. The number of benzene rings is 1. The monoisotopic (exact) mass is 389 g/mol. The summed E-state index contributed by atoms with van der Waals surface area (Å²) < 4.78 is 6.17. The first-order valence-corrected chi connectivity index (χ1v) is 10.7. The molecule has 1 aromatic carbocycles. The highest BCUT2D eigenvalue weighted by Gasteiger charge is 2.20. The summed E-state index contributed by atoms with van der Waals surface area (Å²) in [4.78, 5) is 15.6. The Balaban J connectivity index is 1.87. The highest BCUT2D eigenvalue weighted by atomic mass is 32.1. The van der Waals surface area contributed by atoms with Crippen molar-refractivity contribution in [3.05, 3.63) is 52.7 Å². The first-order chi connectivity index (χ1) is 13.0. The first kappa shape index (κ1) is 21.5. The van der Waals surface area contributed by atoms with Gasteiger partial charge in [-0.25, -0.2) is 0 Å². The summed E-state index contributed by atoms with van der Waals surface area (Å²) in [6.07, 6.45) is 3.66. The van der Waals surface area contributed by atoms with Crippen LogP contribution in [0.4, 0.5) is 5.69 Å². The molecule has 0 saturated carbocycles. The number of ether oxygens (including phenoxy) is 1. The lowest BCUT2D eigenvalue weighted by molar-refractivity contribution is -0.905. The third kappa shape index (κ3) is 8.14. The van der Waals surface area contributed by atoms with Gasteiger partial charge in [-0.1, -0.05) is 44.0 Å². The number of rotatable bonds is 12. The molecule has 2 aromatic rings. The van der Waals surface area contributed by atoms with E-state index in [1.165, 1.54) is 10.6 Å². The third-order valence-corrected chi connectivity index (χ3v) is 5.44. The van der Waals surface area contributed by atoms with Gasteiger partial charge < -0.3 is 9.64 Å². The summed E-state index contributed by atoms with van der Waals surface area (Å²) in [7, 11) is 4.24. The molecule has 1 heterocycles. The molecule has 0 fully saturated rings. The number of thiophene rings is 1. The molecular weight excluding hydrogens is 356 g/mol. The Kier molecular flexibility index (Phi) is 8.82. The number of unbranched alkanes of at least 4 members (excludes halogenated alkanes) is 2. The minimum Gasteiger partial charge on any atom is -0.415 e. The number of hydrogen-bond acceptors (Lipinski definition) is 4. The summed E-state index contributed by atoms with van der Waals surface area (Å²) in [5.74, 6) is -0.0758. The van der Waals surface area contributed by atoms with E-state index in [9.17, 15) is 4.79 Å². The highest BCUT2D eigenvalue weighted by Crippen LogP contribution is 2.19. The van der Waals surface area contributed by atoms with E-state index in [0.29, 0.717) is 17.6 Å². The normalized spacial score (nSPS) is 11.4. The molecule has 0 unspecified atom stereocenters. The lowest BCUT2D eigenvalue weighted by Crippen LogP contribution is -2.47. The van der Waals surface area contributed by atoms with Gasteiger partial charge in [0.15, 0.2) is 0 Å². The fraction of sp³-hybridized carbons (Fsp3) is 0.500. The number of hydrogen-bond donors (Lipinski definition) is 0. The second kappa shape index (κ2) is 11.1. The maximum Gasteiger partial charge on any atom is 0.310 e. The van der Waals surface area contributed by atoms with Crippen LogP contribution in [-0.2, 0) is 16.1 Å². The number of para-hydroxylation sites is 1. The summed E-state index contributed by atoms with van der Waals surface area (Å²) in [5.41, 5.74) is 1.22. The van der Waals surface area contributed by atoms with Crippen molar-refractivity contribution in [3.63, 3.8) is 0 Å². The van der Waals surface area contributed by atoms with Crippen LogP contribution in [-0.4, -0.2) is 44.4 Å². The van der Waals surface area contributed by atoms with Crippen molar-refractivity contribution < 1.29 is 14.0 Å². The van der Waals surface area contributed by atoms with Crippen LogP contribution in [0, 0.1) is 0 Å². The minimum atomic E-state index is -0.0758. The Labute approximate surface area is 168 Å². The zero-order chi connectivity index (χ0) is 19.5. The van der Waals surface area contributed by atoms with Crippen LogP contribution in [0.1, 0.15) is 37.5 Å². The molecule has 148 valence electrons. The molecule has 1 aromatic heterocycles. The summed E-state index contributed by atoms with van der Waals surface area (Å²) in [6, 6.07) is 14.8. The zero-order valence-electron chi connectivity index (χ0n) is 16.9. The van der Waals surface area contributed by atoms with Gasteiger partial charge in [-0.05, 0) is 30.0 Å². The van der Waals surface area contributed by atoms with Crippen LogP contribution in [0.2, 0.25) is 0 Å². The van der Waals surface area contributed by atoms with Gasteiger partial charge in [-0.15, -0.1) is 11.3 Å². The molecule has 0 saturated heterocycles. The molecule has 0 N–H and O–H groups in total. The molecule has 0 aliphatic rings. The molecular formula is C22H33N2O2S+. The zero-order valence-corrected chi connectivity index (χ0v) is 17.7. The van der Waals surface area contributed by atoms with Crippen LogP contribution >= 0.6 is 11.3 Å². The predicted octanol–water partition coefficient (Wildman–Crippen LogP) is 4.91. The van der Waals surface area contributed by atoms with E-state index >= 15 is 0 Å². The fourth-order valence-electron chi connectivity index (χ4n) is 2.82. The van der Waals surface area contributed by atoms with Gasteiger partial charge in [0.2, 0.25) is 6.73 Å². The van der Waals surface area contributed by atoms with Crippen molar-refractivity contribution in [3.8, 4) is 0 Å². The van der Waals surface area contributed by atoms with E-state index in [2.05, 4.69) is 67.7 Å². The molecule has 2 rings (SSSR count). The average Bonchev–Trinajstić information content (AvgIpc) is 3.18. The Hall–Kier alpha value is -1.85. The maximum atomic E-state index is 11.9. The Bertz CT molecular complexity index is 656. The smallest absolute Gasteiger partial charge is 0.310 e. The van der Waals surface area contributed by atoms with Crippen molar-refractivity contribution in [1.82, 2.24) is 0 Å². The second-order valence-electron chi connectivity index (χ2n) is 7.60. The standard InChI is InChI=1S/C22H33N2O2S/c1-4-5-7-14-22(25)26-19-24(2,3)16-15-23(18-21-13-10-17-27-21)20-11-8-6-9-12-20/h6,8-13,17H,4-5,7,14-16,18-19H2,1-3H3/q+1. The molecule has 0 spiro atoms. The first-order valence-electron chi connectivity index (χ1n) is 9.80. The third-order valence-electron chi connectivity index (χ3n) is 4.58. The molecule has 27 heavy (non-hydrogen) atoms. The van der Waals surface area contributed by atoms with Crippen molar-refractivity contribution >= 4 is 23.0 Å². The quantitative estimate of drug-likeness (QED) is 0.223. The van der Waals surface area contributed by atoms with Gasteiger partial charge in [-0.3, -0.25) is 9.28 Å². The predicted molar refractivity (Wildman–Crippen MR) is 114 cm³/mol. The minimum absolute atomic E-state index is 0.0758. The number of quaternary nitrogens is 1. The topological polar surface area (TPSA) is 29.5 Å². The summed E-state index contributed by atoms with van der Waals surface area (Å²) >= 11 is 1.79. The van der Waals surface area contributed by atoms with Gasteiger partial charge in [0, 0.05) is 17.0 Å². The Morgan fingerprint density at radius 1 is 1.11 bits per heavy atom. The van der Waals surface area contributed by atoms with E-state index in [0.717, 1.165) is 38.9 Å². The van der Waals surface area contributed by atoms with Gasteiger partial charge in [0.1, 0.15) is 0 Å². The van der Waals surface area contributed by atoms with Gasteiger partial charge in [0.05, 0.1) is 33.7 Å². The molecule has 0 amide bonds. The molecule has 0 aliphatic heterocycles. The van der Waals surface area contributed by atoms with Crippen LogP contribution < -0.4 is 4.90 Å². The average molecular weight is 390 g/mol. The van der Waals surface area contributed by atoms with E-state index in [-0.39, 0.29) is 5.97 Å². The number of carbonyl (C=O) groups is 1. The van der Waals surface area contributed by atoms with E-state index < -0.39 is 0 Å². The van der Waals surface area contributed by atoms with Crippen LogP contribution in [0.5, 0.6) is 0 Å². The van der Waals surface area contributed by atoms with Crippen molar-refractivity contribution in [1.29, 1.82) is 0 Å². The van der Waals surface area contributed by atoms with E-state index in [4.69, 9.17) is 4.74 Å². The Morgan fingerprint density at radius 3 is 2.56 bits per heavy atom. The number of nitrogens with zero attached hydrogens (tertiary/aromatic N) is 2. The van der Waals surface area contributed by atoms with Crippen LogP contribution in [0.15, 0.2) is 47.8 Å². The molecule has 0 bridgehead atoms. The lowest BCUT2D eigenvalue weighted by Gasteiger charge is -2.32. The second-order valence-corrected chi connectivity index (χ2v) is 8.63. The summed E-state index contributed by atoms with van der Waals surface area (Å²) in [6.45, 7) is 5.27. The number of likely N-dealkylation sites (N-methyl/N-ethyl adjacent to an activating group) is 1. The van der Waals surface area contributed by atoms with E-state index in [1.807, 2.05) is 6.07 Å². The number of esters is 1. The molecule has 0 radical (unpaired) electrons. The molecule has 0 atom stereocenters. The van der Waals surface area contributed by atoms with Crippen molar-refractivity contribution in [2.45, 2.75) is 39.2 Å². The molecule has 5 heteroatoms. The van der Waals surface area contributed by atoms with E-state index in [1.54, 1.807) is 11.3 Å². The van der Waals surface area contributed by atoms with Crippen molar-refractivity contribution in [2.75, 3.05) is 38.8 Å². The Morgan fingerprint density at radius 2 is 1.89 bits per heavy atom. The van der Waals surface area contributed by atoms with Gasteiger partial charge in [-0.2, -0.15) is 0 Å². The van der Waals surface area contributed by atoms with Crippen LogP contribution in [0.3, 0.4) is 0 Å². The number of carbonyl (C=O) groups excluding carboxylic acids is 1. The highest BCUT2D eigenvalue weighted by molar-refractivity contribution is 7.09. The van der Waals surface area contributed by atoms with Gasteiger partial charge in [0.25, 0.3) is 0 Å². The molecule has 0 aliphatic carbocycles. The maximum absolute atomic E-state index is 11.9. The van der Waals surface area contributed by atoms with Crippen LogP contribution in [0.25, 0.3) is 0 Å². The molecule has 4 nitrogen and oxygen atoms in total. The largest absolute Gasteiger partial charge is 0.415 e. The SMILES string of the molecule is CCCCCC(=O)OC[N+](C)(C)CCN(Cc1cccs1)c1ccccc1. The lowest BCUT2D eigenvalue weighted by atomic mass is 10.2. The number of anilines is 1. The fourth-order valence-corrected chi connectivity index (χ4v) is 3.54. The van der Waals surface area contributed by atoms with Gasteiger partial charge >= 0.3 is 5.97 Å².